The van der Waals surface area contributed by atoms with E-state index in [4.69, 9.17) is 0 Å². The summed E-state index contributed by atoms with van der Waals surface area (Å²) >= 11 is 0. The number of nitriles is 1. The lowest BCUT2D eigenvalue weighted by Crippen LogP contribution is -2.58. The van der Waals surface area contributed by atoms with Crippen molar-refractivity contribution in [3.05, 3.63) is 0 Å². The molecule has 4 nitrogen and oxygen atoms in total. The van der Waals surface area contributed by atoms with Crippen molar-refractivity contribution in [1.29, 1.82) is 5.26 Å². The molecule has 1 unspecified atom stereocenters. The van der Waals surface area contributed by atoms with Crippen LogP contribution in [0.2, 0.25) is 0 Å². The van der Waals surface area contributed by atoms with Crippen molar-refractivity contribution in [2.24, 2.45) is 0 Å². The molecule has 0 aromatic rings. The van der Waals surface area contributed by atoms with Crippen molar-refractivity contribution < 1.29 is 0 Å². The molecule has 4 heteroatoms. The fourth-order valence-corrected chi connectivity index (χ4v) is 2.71. The van der Waals surface area contributed by atoms with Crippen molar-refractivity contribution in [2.75, 3.05) is 33.2 Å². The van der Waals surface area contributed by atoms with Gasteiger partial charge < -0.3 is 4.90 Å². The van der Waals surface area contributed by atoms with E-state index in [1.165, 1.54) is 0 Å². The molecule has 0 aliphatic carbocycles. The van der Waals surface area contributed by atoms with Crippen LogP contribution in [0.4, 0.5) is 0 Å². The van der Waals surface area contributed by atoms with E-state index in [1.807, 2.05) is 6.92 Å². The Morgan fingerprint density at radius 1 is 1.37 bits per heavy atom. The summed E-state index contributed by atoms with van der Waals surface area (Å²) in [4.78, 5) is 4.90. The van der Waals surface area contributed by atoms with Gasteiger partial charge in [-0.3, -0.25) is 10.2 Å². The smallest absolute Gasteiger partial charge is 0.105 e. The molecule has 0 spiro atoms. The molecule has 1 aliphatic rings. The van der Waals surface area contributed by atoms with Gasteiger partial charge in [0.15, 0.2) is 0 Å². The molecule has 0 radical (unpaired) electrons. The number of piperazine rings is 1. The number of rotatable bonds is 5. The van der Waals surface area contributed by atoms with Crippen LogP contribution in [0, 0.1) is 11.3 Å². The monoisotopic (exact) mass is 266 g/mol. The highest BCUT2D eigenvalue weighted by atomic mass is 15.3. The fraction of sp³-hybridized carbons (Fsp3) is 0.933. The Morgan fingerprint density at radius 2 is 2.00 bits per heavy atom. The predicted molar refractivity (Wildman–Crippen MR) is 80.1 cm³/mol. The third-order valence-corrected chi connectivity index (χ3v) is 4.18. The number of nitrogens with zero attached hydrogens (tertiary/aromatic N) is 3. The maximum atomic E-state index is 9.37. The van der Waals surface area contributed by atoms with Crippen LogP contribution in [0.5, 0.6) is 0 Å². The minimum atomic E-state index is -0.415. The van der Waals surface area contributed by atoms with Gasteiger partial charge in [0.05, 0.1) is 6.07 Å². The molecule has 0 amide bonds. The molecule has 0 bridgehead atoms. The molecule has 1 fully saturated rings. The highest BCUT2D eigenvalue weighted by molar-refractivity contribution is 5.05. The fourth-order valence-electron chi connectivity index (χ4n) is 2.71. The van der Waals surface area contributed by atoms with E-state index in [2.05, 4.69) is 55.9 Å². The van der Waals surface area contributed by atoms with E-state index in [0.29, 0.717) is 6.04 Å². The SMILES string of the molecule is CC(C)NC(C)(C#N)CCN1CCN(C)C(C)(C)C1. The average molecular weight is 266 g/mol. The topological polar surface area (TPSA) is 42.3 Å². The molecular weight excluding hydrogens is 236 g/mol. The third-order valence-electron chi connectivity index (χ3n) is 4.18. The van der Waals surface area contributed by atoms with Crippen molar-refractivity contribution in [3.8, 4) is 6.07 Å². The quantitative estimate of drug-likeness (QED) is 0.822. The van der Waals surface area contributed by atoms with Crippen LogP contribution >= 0.6 is 0 Å². The van der Waals surface area contributed by atoms with Crippen LogP contribution in [-0.2, 0) is 0 Å². The van der Waals surface area contributed by atoms with Gasteiger partial charge in [0, 0.05) is 37.8 Å². The first-order valence-corrected chi connectivity index (χ1v) is 7.31. The first kappa shape index (κ1) is 16.4. The molecule has 0 aromatic heterocycles. The van der Waals surface area contributed by atoms with E-state index in [-0.39, 0.29) is 5.54 Å². The van der Waals surface area contributed by atoms with Crippen molar-refractivity contribution in [2.45, 2.75) is 58.2 Å². The lowest BCUT2D eigenvalue weighted by atomic mass is 9.96. The zero-order valence-corrected chi connectivity index (χ0v) is 13.5. The molecule has 110 valence electrons. The average Bonchev–Trinajstić information content (AvgIpc) is 2.30. The summed E-state index contributed by atoms with van der Waals surface area (Å²) in [7, 11) is 2.19. The lowest BCUT2D eigenvalue weighted by molar-refractivity contribution is 0.0369. The largest absolute Gasteiger partial charge is 0.300 e. The minimum absolute atomic E-state index is 0.229. The summed E-state index contributed by atoms with van der Waals surface area (Å²) in [6.45, 7) is 15.0. The van der Waals surface area contributed by atoms with Gasteiger partial charge in [-0.15, -0.1) is 0 Å². The second kappa shape index (κ2) is 6.21. The Bertz CT molecular complexity index is 332. The molecular formula is C15H30N4. The van der Waals surface area contributed by atoms with E-state index in [0.717, 1.165) is 32.6 Å². The van der Waals surface area contributed by atoms with E-state index < -0.39 is 5.54 Å². The van der Waals surface area contributed by atoms with Gasteiger partial charge in [-0.1, -0.05) is 0 Å². The Kier molecular flexibility index (Phi) is 5.37. The summed E-state index contributed by atoms with van der Waals surface area (Å²) in [6.07, 6.45) is 0.876. The van der Waals surface area contributed by atoms with Crippen LogP contribution in [-0.4, -0.2) is 60.1 Å². The molecule has 1 heterocycles. The van der Waals surface area contributed by atoms with Crippen molar-refractivity contribution >= 4 is 0 Å². The van der Waals surface area contributed by atoms with Crippen LogP contribution in [0.15, 0.2) is 0 Å². The molecule has 19 heavy (non-hydrogen) atoms. The Balaban J connectivity index is 2.50. The van der Waals surface area contributed by atoms with Crippen molar-refractivity contribution in [1.82, 2.24) is 15.1 Å². The Hall–Kier alpha value is -0.630. The zero-order valence-electron chi connectivity index (χ0n) is 13.5. The Labute approximate surface area is 118 Å². The molecule has 1 atom stereocenters. The van der Waals surface area contributed by atoms with Gasteiger partial charge in [-0.05, 0) is 48.1 Å². The van der Waals surface area contributed by atoms with E-state index in [1.54, 1.807) is 0 Å². The number of hydrogen-bond donors (Lipinski definition) is 1. The first-order valence-electron chi connectivity index (χ1n) is 7.31. The summed E-state index contributed by atoms with van der Waals surface area (Å²) < 4.78 is 0. The highest BCUT2D eigenvalue weighted by Gasteiger charge is 2.32. The van der Waals surface area contributed by atoms with Gasteiger partial charge in [0.1, 0.15) is 5.54 Å². The van der Waals surface area contributed by atoms with Gasteiger partial charge in [-0.2, -0.15) is 5.26 Å². The molecule has 1 rings (SSSR count). The third kappa shape index (κ3) is 4.76. The molecule has 0 aromatic carbocycles. The van der Waals surface area contributed by atoms with E-state index in [9.17, 15) is 5.26 Å². The summed E-state index contributed by atoms with van der Waals surface area (Å²) in [5.41, 5.74) is -0.186. The van der Waals surface area contributed by atoms with Crippen LogP contribution < -0.4 is 5.32 Å². The highest BCUT2D eigenvalue weighted by Crippen LogP contribution is 2.20. The van der Waals surface area contributed by atoms with Gasteiger partial charge in [0.25, 0.3) is 0 Å². The zero-order chi connectivity index (χ0) is 14.7. The lowest BCUT2D eigenvalue weighted by Gasteiger charge is -2.46. The van der Waals surface area contributed by atoms with Crippen LogP contribution in [0.1, 0.15) is 41.0 Å². The molecule has 1 aliphatic heterocycles. The van der Waals surface area contributed by atoms with Gasteiger partial charge in [-0.25, -0.2) is 0 Å². The molecule has 1 N–H and O–H groups in total. The number of hydrogen-bond acceptors (Lipinski definition) is 4. The van der Waals surface area contributed by atoms with Crippen LogP contribution in [0.25, 0.3) is 0 Å². The second-order valence-electron chi connectivity index (χ2n) is 7.00. The standard InChI is InChI=1S/C15H30N4/c1-13(2)17-15(5,11-16)7-8-19-10-9-18(6)14(3,4)12-19/h13,17H,7-10,12H2,1-6H3. The summed E-state index contributed by atoms with van der Waals surface area (Å²) in [5, 5.41) is 12.7. The van der Waals surface area contributed by atoms with E-state index >= 15 is 0 Å². The second-order valence-corrected chi connectivity index (χ2v) is 7.00. The molecule has 1 saturated heterocycles. The van der Waals surface area contributed by atoms with Crippen LogP contribution in [0.3, 0.4) is 0 Å². The summed E-state index contributed by atoms with van der Waals surface area (Å²) in [5.74, 6) is 0. The normalized spacial score (nSPS) is 24.1. The molecule has 0 saturated carbocycles. The number of likely N-dealkylation sites (N-methyl/N-ethyl adjacent to an activating group) is 1. The summed E-state index contributed by atoms with van der Waals surface area (Å²) in [6, 6.07) is 2.77. The first-order chi connectivity index (χ1) is 8.68. The minimum Gasteiger partial charge on any atom is -0.300 e. The van der Waals surface area contributed by atoms with Gasteiger partial charge in [0.2, 0.25) is 0 Å². The van der Waals surface area contributed by atoms with Gasteiger partial charge >= 0.3 is 0 Å². The maximum Gasteiger partial charge on any atom is 0.105 e. The Morgan fingerprint density at radius 3 is 2.47 bits per heavy atom. The van der Waals surface area contributed by atoms with Crippen molar-refractivity contribution in [3.63, 3.8) is 0 Å². The predicted octanol–water partition coefficient (Wildman–Crippen LogP) is 1.68. The number of nitrogens with one attached hydrogen (secondary N) is 1. The maximum absolute atomic E-state index is 9.37.